The standard InChI is InChI=1S/C30H40N2O5S/c1-4-6-12-18-37-29(36)24-23-19-21(3)30(38-23)25(24)27(34)32(16-10-11-17-33)26(30)28(35)31(15-5-2)20-22-13-8-7-9-14-22/h4-5,7-9,13-14,21,23-26,33H,1-2,6,10-12,15-20H2,3H3/t21?,23-,24+,25+,26?,30?/m1/s1. The van der Waals surface area contributed by atoms with Gasteiger partial charge in [-0.25, -0.2) is 0 Å². The third-order valence-electron chi connectivity index (χ3n) is 8.23. The maximum Gasteiger partial charge on any atom is 0.310 e. The monoisotopic (exact) mass is 540 g/mol. The van der Waals surface area contributed by atoms with Crippen LogP contribution in [-0.2, 0) is 25.7 Å². The molecule has 0 aliphatic carbocycles. The van der Waals surface area contributed by atoms with Gasteiger partial charge in [0, 0.05) is 31.5 Å². The lowest BCUT2D eigenvalue weighted by molar-refractivity contribution is -0.154. The number of nitrogens with zero attached hydrogens (tertiary/aromatic N) is 2. The molecule has 1 aromatic rings. The summed E-state index contributed by atoms with van der Waals surface area (Å²) in [5, 5.41) is 9.35. The summed E-state index contributed by atoms with van der Waals surface area (Å²) in [5.41, 5.74) is 1.00. The van der Waals surface area contributed by atoms with Crippen LogP contribution in [0.3, 0.4) is 0 Å². The van der Waals surface area contributed by atoms with Crippen LogP contribution in [0.4, 0.5) is 0 Å². The SMILES string of the molecule is C=CCCCOC(=O)[C@@H]1[C@H]2C(=O)N(CCCCO)C(C(=O)N(CC=C)Cc3ccccc3)C23S[C@@H]1CC3C. The van der Waals surface area contributed by atoms with Crippen molar-refractivity contribution in [2.24, 2.45) is 17.8 Å². The molecular weight excluding hydrogens is 500 g/mol. The van der Waals surface area contributed by atoms with Gasteiger partial charge in [-0.3, -0.25) is 14.4 Å². The van der Waals surface area contributed by atoms with E-state index >= 15 is 0 Å². The highest BCUT2D eigenvalue weighted by molar-refractivity contribution is 8.02. The van der Waals surface area contributed by atoms with E-state index in [1.165, 1.54) is 0 Å². The number of aliphatic hydroxyl groups is 1. The molecule has 3 aliphatic rings. The molecule has 206 valence electrons. The van der Waals surface area contributed by atoms with Gasteiger partial charge in [-0.1, -0.05) is 49.4 Å². The Kier molecular flexibility index (Phi) is 9.36. The van der Waals surface area contributed by atoms with Gasteiger partial charge in [0.25, 0.3) is 0 Å². The van der Waals surface area contributed by atoms with Crippen LogP contribution in [0.5, 0.6) is 0 Å². The van der Waals surface area contributed by atoms with E-state index in [2.05, 4.69) is 20.1 Å². The Morgan fingerprint density at radius 2 is 1.97 bits per heavy atom. The summed E-state index contributed by atoms with van der Waals surface area (Å²) >= 11 is 1.66. The maximum atomic E-state index is 14.4. The fourth-order valence-corrected chi connectivity index (χ4v) is 8.97. The normalized spacial score (nSPS) is 29.3. The van der Waals surface area contributed by atoms with Gasteiger partial charge in [-0.05, 0) is 43.6 Å². The van der Waals surface area contributed by atoms with E-state index in [0.717, 1.165) is 18.4 Å². The van der Waals surface area contributed by atoms with E-state index in [9.17, 15) is 19.5 Å². The molecule has 3 saturated heterocycles. The largest absolute Gasteiger partial charge is 0.465 e. The number of esters is 1. The third kappa shape index (κ3) is 5.17. The quantitative estimate of drug-likeness (QED) is 0.219. The average molecular weight is 541 g/mol. The summed E-state index contributed by atoms with van der Waals surface area (Å²) in [4.78, 5) is 45.3. The highest BCUT2D eigenvalue weighted by Crippen LogP contribution is 2.68. The second kappa shape index (κ2) is 12.5. The van der Waals surface area contributed by atoms with E-state index in [-0.39, 0.29) is 35.6 Å². The van der Waals surface area contributed by atoms with E-state index in [4.69, 9.17) is 4.74 Å². The van der Waals surface area contributed by atoms with Gasteiger partial charge in [0.2, 0.25) is 11.8 Å². The van der Waals surface area contributed by atoms with Gasteiger partial charge < -0.3 is 19.6 Å². The number of carbonyl (C=O) groups is 3. The van der Waals surface area contributed by atoms with Gasteiger partial charge in [-0.15, -0.1) is 24.9 Å². The number of thioether (sulfide) groups is 1. The van der Waals surface area contributed by atoms with Crippen molar-refractivity contribution in [3.05, 3.63) is 61.2 Å². The molecule has 0 saturated carbocycles. The molecule has 1 spiro atoms. The van der Waals surface area contributed by atoms with Gasteiger partial charge in [-0.2, -0.15) is 0 Å². The zero-order chi connectivity index (χ0) is 27.3. The first-order valence-corrected chi connectivity index (χ1v) is 14.6. The molecule has 3 aliphatic heterocycles. The van der Waals surface area contributed by atoms with E-state index < -0.39 is 22.6 Å². The molecule has 6 atom stereocenters. The number of benzene rings is 1. The predicted molar refractivity (Wildman–Crippen MR) is 149 cm³/mol. The number of aliphatic hydroxyl groups excluding tert-OH is 1. The van der Waals surface area contributed by atoms with Gasteiger partial charge >= 0.3 is 5.97 Å². The van der Waals surface area contributed by atoms with Crippen molar-refractivity contribution in [2.75, 3.05) is 26.3 Å². The number of ether oxygens (including phenoxy) is 1. The van der Waals surface area contributed by atoms with Crippen LogP contribution in [0.15, 0.2) is 55.6 Å². The molecule has 38 heavy (non-hydrogen) atoms. The number of likely N-dealkylation sites (tertiary alicyclic amines) is 1. The van der Waals surface area contributed by atoms with Crippen molar-refractivity contribution < 1.29 is 24.2 Å². The lowest BCUT2D eigenvalue weighted by atomic mass is 9.66. The van der Waals surface area contributed by atoms with Crippen LogP contribution in [0.25, 0.3) is 0 Å². The summed E-state index contributed by atoms with van der Waals surface area (Å²) in [5.74, 6) is -1.60. The molecule has 0 aromatic heterocycles. The summed E-state index contributed by atoms with van der Waals surface area (Å²) in [7, 11) is 0. The molecule has 2 amide bonds. The van der Waals surface area contributed by atoms with Crippen molar-refractivity contribution in [3.63, 3.8) is 0 Å². The topological polar surface area (TPSA) is 87.1 Å². The van der Waals surface area contributed by atoms with Gasteiger partial charge in [0.1, 0.15) is 6.04 Å². The van der Waals surface area contributed by atoms with Gasteiger partial charge in [0.15, 0.2) is 0 Å². The van der Waals surface area contributed by atoms with Gasteiger partial charge in [0.05, 0.1) is 23.2 Å². The second-order valence-corrected chi connectivity index (χ2v) is 12.2. The van der Waals surface area contributed by atoms with Crippen molar-refractivity contribution in [1.82, 2.24) is 9.80 Å². The number of carbonyl (C=O) groups excluding carboxylic acids is 3. The van der Waals surface area contributed by atoms with Crippen molar-refractivity contribution in [3.8, 4) is 0 Å². The second-order valence-electron chi connectivity index (χ2n) is 10.6. The minimum absolute atomic E-state index is 0.0265. The van der Waals surface area contributed by atoms with Crippen LogP contribution in [0, 0.1) is 17.8 Å². The third-order valence-corrected chi connectivity index (χ3v) is 10.3. The van der Waals surface area contributed by atoms with Crippen molar-refractivity contribution >= 4 is 29.5 Å². The molecule has 1 aromatic carbocycles. The number of hydrogen-bond donors (Lipinski definition) is 1. The first-order chi connectivity index (χ1) is 18.4. The Balaban J connectivity index is 1.67. The number of unbranched alkanes of at least 4 members (excludes halogenated alkanes) is 2. The Hall–Kier alpha value is -2.58. The predicted octanol–water partition coefficient (Wildman–Crippen LogP) is 3.82. The first-order valence-electron chi connectivity index (χ1n) is 13.7. The molecule has 3 fully saturated rings. The number of allylic oxidation sites excluding steroid dienone is 1. The first kappa shape index (κ1) is 28.4. The van der Waals surface area contributed by atoms with Crippen molar-refractivity contribution in [2.45, 2.75) is 61.6 Å². The molecule has 0 radical (unpaired) electrons. The number of rotatable bonds is 14. The van der Waals surface area contributed by atoms with Crippen LogP contribution in [0.2, 0.25) is 0 Å². The highest BCUT2D eigenvalue weighted by Gasteiger charge is 2.76. The number of hydrogen-bond acceptors (Lipinski definition) is 6. The fraction of sp³-hybridized carbons (Fsp3) is 0.567. The lowest BCUT2D eigenvalue weighted by Gasteiger charge is -2.40. The molecule has 3 unspecified atom stereocenters. The summed E-state index contributed by atoms with van der Waals surface area (Å²) in [6.45, 7) is 11.2. The Bertz CT molecular complexity index is 1030. The lowest BCUT2D eigenvalue weighted by Crippen LogP contribution is -2.57. The molecular formula is C30H40N2O5S. The molecule has 3 heterocycles. The summed E-state index contributed by atoms with van der Waals surface area (Å²) in [6, 6.07) is 9.13. The van der Waals surface area contributed by atoms with Crippen LogP contribution >= 0.6 is 11.8 Å². The summed E-state index contributed by atoms with van der Waals surface area (Å²) in [6.07, 6.45) is 6.88. The molecule has 7 nitrogen and oxygen atoms in total. The Morgan fingerprint density at radius 1 is 1.21 bits per heavy atom. The van der Waals surface area contributed by atoms with E-state index in [1.807, 2.05) is 30.3 Å². The van der Waals surface area contributed by atoms with E-state index in [0.29, 0.717) is 45.5 Å². The zero-order valence-corrected chi connectivity index (χ0v) is 23.1. The van der Waals surface area contributed by atoms with Crippen LogP contribution < -0.4 is 0 Å². The number of amides is 2. The summed E-state index contributed by atoms with van der Waals surface area (Å²) < 4.78 is 4.97. The minimum atomic E-state index is -0.682. The molecule has 2 bridgehead atoms. The highest BCUT2D eigenvalue weighted by atomic mass is 32.2. The fourth-order valence-electron chi connectivity index (χ4n) is 6.56. The molecule has 8 heteroatoms. The molecule has 1 N–H and O–H groups in total. The average Bonchev–Trinajstić information content (AvgIpc) is 3.50. The smallest absolute Gasteiger partial charge is 0.310 e. The Morgan fingerprint density at radius 3 is 2.66 bits per heavy atom. The zero-order valence-electron chi connectivity index (χ0n) is 22.3. The minimum Gasteiger partial charge on any atom is -0.465 e. The molecule has 4 rings (SSSR count). The van der Waals surface area contributed by atoms with E-state index in [1.54, 1.807) is 33.7 Å². The number of fused-ring (bicyclic) bond motifs is 1. The maximum absolute atomic E-state index is 14.4. The Labute approximate surface area is 230 Å². The van der Waals surface area contributed by atoms with Crippen molar-refractivity contribution in [1.29, 1.82) is 0 Å². The van der Waals surface area contributed by atoms with Crippen LogP contribution in [0.1, 0.15) is 44.6 Å². The van der Waals surface area contributed by atoms with Crippen LogP contribution in [-0.4, -0.2) is 75.0 Å².